The second kappa shape index (κ2) is 6.70. The lowest BCUT2D eigenvalue weighted by molar-refractivity contribution is 0.582. The van der Waals surface area contributed by atoms with Crippen LogP contribution >= 0.6 is 0 Å². The molecule has 1 aromatic rings. The number of nitrogens with zero attached hydrogens (tertiary/aromatic N) is 3. The zero-order valence-corrected chi connectivity index (χ0v) is 12.2. The standard InChI is InChI=1S/C14H25N5/c1-4-5-16-12-10-13(18-14(17-12)11(2)3)19-8-6-15-7-9-19/h10-11,15H,4-9H2,1-3H3,(H,16,17,18). The molecule has 2 rings (SSSR count). The fraction of sp³-hybridized carbons (Fsp3) is 0.714. The van der Waals surface area contributed by atoms with Crippen LogP contribution in [0.3, 0.4) is 0 Å². The number of hydrogen-bond donors (Lipinski definition) is 2. The molecule has 0 aromatic carbocycles. The summed E-state index contributed by atoms with van der Waals surface area (Å²) in [5.74, 6) is 3.28. The molecule has 0 bridgehead atoms. The van der Waals surface area contributed by atoms with Gasteiger partial charge in [-0.25, -0.2) is 9.97 Å². The minimum atomic E-state index is 0.352. The van der Waals surface area contributed by atoms with E-state index >= 15 is 0 Å². The Balaban J connectivity index is 2.22. The highest BCUT2D eigenvalue weighted by Crippen LogP contribution is 2.20. The molecule has 0 saturated carbocycles. The Bertz CT molecular complexity index is 399. The van der Waals surface area contributed by atoms with Gasteiger partial charge in [0, 0.05) is 44.7 Å². The summed E-state index contributed by atoms with van der Waals surface area (Å²) < 4.78 is 0. The van der Waals surface area contributed by atoms with Crippen LogP contribution in [0.2, 0.25) is 0 Å². The van der Waals surface area contributed by atoms with Crippen molar-refractivity contribution < 1.29 is 0 Å². The van der Waals surface area contributed by atoms with Gasteiger partial charge in [-0.2, -0.15) is 0 Å². The molecule has 0 amide bonds. The molecule has 1 fully saturated rings. The first-order valence-electron chi connectivity index (χ1n) is 7.29. The largest absolute Gasteiger partial charge is 0.370 e. The van der Waals surface area contributed by atoms with Crippen LogP contribution in [-0.2, 0) is 0 Å². The third-order valence-corrected chi connectivity index (χ3v) is 3.24. The van der Waals surface area contributed by atoms with Crippen LogP contribution in [0.15, 0.2) is 6.07 Å². The van der Waals surface area contributed by atoms with E-state index in [1.165, 1.54) is 0 Å². The average molecular weight is 263 g/mol. The molecule has 1 aliphatic heterocycles. The van der Waals surface area contributed by atoms with Crippen molar-refractivity contribution in [1.29, 1.82) is 0 Å². The van der Waals surface area contributed by atoms with Gasteiger partial charge in [-0.3, -0.25) is 0 Å². The van der Waals surface area contributed by atoms with E-state index in [0.29, 0.717) is 5.92 Å². The first kappa shape index (κ1) is 14.1. The molecule has 1 aliphatic rings. The third kappa shape index (κ3) is 3.80. The van der Waals surface area contributed by atoms with Gasteiger partial charge >= 0.3 is 0 Å². The van der Waals surface area contributed by atoms with Crippen LogP contribution in [0.4, 0.5) is 11.6 Å². The molecule has 5 heteroatoms. The lowest BCUT2D eigenvalue weighted by Crippen LogP contribution is -2.44. The predicted octanol–water partition coefficient (Wildman–Crippen LogP) is 1.83. The summed E-state index contributed by atoms with van der Waals surface area (Å²) in [6.45, 7) is 11.5. The Morgan fingerprint density at radius 2 is 2.05 bits per heavy atom. The average Bonchev–Trinajstić information content (AvgIpc) is 2.45. The summed E-state index contributed by atoms with van der Waals surface area (Å²) in [4.78, 5) is 11.6. The van der Waals surface area contributed by atoms with E-state index in [0.717, 1.165) is 56.6 Å². The number of anilines is 2. The van der Waals surface area contributed by atoms with Gasteiger partial charge in [-0.05, 0) is 6.42 Å². The SMILES string of the molecule is CCCNc1cc(N2CCNCC2)nc(C(C)C)n1. The zero-order valence-electron chi connectivity index (χ0n) is 12.2. The maximum atomic E-state index is 4.71. The summed E-state index contributed by atoms with van der Waals surface area (Å²) in [5, 5.41) is 6.75. The molecule has 5 nitrogen and oxygen atoms in total. The van der Waals surface area contributed by atoms with Crippen LogP contribution in [0.5, 0.6) is 0 Å². The maximum Gasteiger partial charge on any atom is 0.135 e. The second-order valence-corrected chi connectivity index (χ2v) is 5.29. The van der Waals surface area contributed by atoms with Gasteiger partial charge < -0.3 is 15.5 Å². The molecule has 19 heavy (non-hydrogen) atoms. The van der Waals surface area contributed by atoms with Crippen molar-refractivity contribution in [2.24, 2.45) is 0 Å². The van der Waals surface area contributed by atoms with Crippen molar-refractivity contribution in [3.05, 3.63) is 11.9 Å². The lowest BCUT2D eigenvalue weighted by Gasteiger charge is -2.29. The summed E-state index contributed by atoms with van der Waals surface area (Å²) in [6.07, 6.45) is 1.10. The van der Waals surface area contributed by atoms with Crippen molar-refractivity contribution in [3.8, 4) is 0 Å². The van der Waals surface area contributed by atoms with Gasteiger partial charge in [0.15, 0.2) is 0 Å². The molecule has 2 heterocycles. The number of nitrogens with one attached hydrogen (secondary N) is 2. The highest BCUT2D eigenvalue weighted by Gasteiger charge is 2.15. The zero-order chi connectivity index (χ0) is 13.7. The molecule has 2 N–H and O–H groups in total. The normalized spacial score (nSPS) is 15.9. The Kier molecular flexibility index (Phi) is 4.96. The van der Waals surface area contributed by atoms with Crippen molar-refractivity contribution >= 4 is 11.6 Å². The Morgan fingerprint density at radius 1 is 1.32 bits per heavy atom. The molecule has 0 radical (unpaired) electrons. The topological polar surface area (TPSA) is 53.1 Å². The van der Waals surface area contributed by atoms with Crippen LogP contribution in [0.1, 0.15) is 38.9 Å². The van der Waals surface area contributed by atoms with Crippen molar-refractivity contribution in [2.75, 3.05) is 42.9 Å². The van der Waals surface area contributed by atoms with Gasteiger partial charge in [0.25, 0.3) is 0 Å². The summed E-state index contributed by atoms with van der Waals surface area (Å²) in [6, 6.07) is 2.08. The molecule has 0 unspecified atom stereocenters. The van der Waals surface area contributed by atoms with E-state index in [-0.39, 0.29) is 0 Å². The van der Waals surface area contributed by atoms with Crippen LogP contribution in [0.25, 0.3) is 0 Å². The highest BCUT2D eigenvalue weighted by atomic mass is 15.2. The highest BCUT2D eigenvalue weighted by molar-refractivity contribution is 5.50. The molecule has 0 spiro atoms. The molecular formula is C14H25N5. The van der Waals surface area contributed by atoms with Gasteiger partial charge in [-0.15, -0.1) is 0 Å². The molecular weight excluding hydrogens is 238 g/mol. The maximum absolute atomic E-state index is 4.71. The van der Waals surface area contributed by atoms with E-state index in [1.807, 2.05) is 0 Å². The quantitative estimate of drug-likeness (QED) is 0.849. The Labute approximate surface area is 115 Å². The fourth-order valence-corrected chi connectivity index (χ4v) is 2.11. The lowest BCUT2D eigenvalue weighted by atomic mass is 10.2. The van der Waals surface area contributed by atoms with Gasteiger partial charge in [0.2, 0.25) is 0 Å². The first-order chi connectivity index (χ1) is 9.20. The first-order valence-corrected chi connectivity index (χ1v) is 7.29. The molecule has 1 aromatic heterocycles. The van der Waals surface area contributed by atoms with E-state index in [9.17, 15) is 0 Å². The van der Waals surface area contributed by atoms with Crippen molar-refractivity contribution in [3.63, 3.8) is 0 Å². The third-order valence-electron chi connectivity index (χ3n) is 3.24. The summed E-state index contributed by atoms with van der Waals surface area (Å²) in [7, 11) is 0. The Morgan fingerprint density at radius 3 is 2.68 bits per heavy atom. The molecule has 106 valence electrons. The van der Waals surface area contributed by atoms with Crippen LogP contribution in [0, 0.1) is 0 Å². The second-order valence-electron chi connectivity index (χ2n) is 5.29. The van der Waals surface area contributed by atoms with Crippen molar-refractivity contribution in [1.82, 2.24) is 15.3 Å². The molecule has 0 aliphatic carbocycles. The van der Waals surface area contributed by atoms with Crippen LogP contribution in [-0.4, -0.2) is 42.7 Å². The minimum Gasteiger partial charge on any atom is -0.370 e. The predicted molar refractivity (Wildman–Crippen MR) is 80.0 cm³/mol. The van der Waals surface area contributed by atoms with E-state index in [4.69, 9.17) is 4.98 Å². The summed E-state index contributed by atoms with van der Waals surface area (Å²) >= 11 is 0. The van der Waals surface area contributed by atoms with Crippen LogP contribution < -0.4 is 15.5 Å². The monoisotopic (exact) mass is 263 g/mol. The van der Waals surface area contributed by atoms with Gasteiger partial charge in [0.05, 0.1) is 0 Å². The Hall–Kier alpha value is -1.36. The van der Waals surface area contributed by atoms with E-state index < -0.39 is 0 Å². The fourth-order valence-electron chi connectivity index (χ4n) is 2.11. The summed E-state index contributed by atoms with van der Waals surface area (Å²) in [5.41, 5.74) is 0. The van der Waals surface area contributed by atoms with Gasteiger partial charge in [0.1, 0.15) is 17.5 Å². The number of aromatic nitrogens is 2. The smallest absolute Gasteiger partial charge is 0.135 e. The number of piperazine rings is 1. The molecule has 1 saturated heterocycles. The van der Waals surface area contributed by atoms with Gasteiger partial charge in [-0.1, -0.05) is 20.8 Å². The molecule has 0 atom stereocenters. The van der Waals surface area contributed by atoms with Crippen molar-refractivity contribution in [2.45, 2.75) is 33.1 Å². The number of rotatable bonds is 5. The minimum absolute atomic E-state index is 0.352. The van der Waals surface area contributed by atoms with E-state index in [1.54, 1.807) is 0 Å². The van der Waals surface area contributed by atoms with E-state index in [2.05, 4.69) is 47.4 Å². The number of hydrogen-bond acceptors (Lipinski definition) is 5.